The summed E-state index contributed by atoms with van der Waals surface area (Å²) in [6, 6.07) is 0. The quantitative estimate of drug-likeness (QED) is 0.510. The molecule has 2 heterocycles. The molecule has 0 aromatic rings. The molecule has 0 saturated carbocycles. The van der Waals surface area contributed by atoms with E-state index in [1.807, 2.05) is 6.92 Å². The Kier molecular flexibility index (Phi) is 1.42. The van der Waals surface area contributed by atoms with Crippen molar-refractivity contribution < 1.29 is 4.79 Å². The lowest BCUT2D eigenvalue weighted by Crippen LogP contribution is -2.43. The molecule has 2 aliphatic heterocycles. The number of hydrogen-bond donors (Lipinski definition) is 2. The minimum absolute atomic E-state index is 0.122. The summed E-state index contributed by atoms with van der Waals surface area (Å²) >= 11 is 0. The van der Waals surface area contributed by atoms with Crippen LogP contribution in [-0.2, 0) is 4.79 Å². The first-order chi connectivity index (χ1) is 5.22. The van der Waals surface area contributed by atoms with E-state index in [0.717, 1.165) is 25.9 Å². The predicted octanol–water partition coefficient (Wildman–Crippen LogP) is -0.126. The van der Waals surface area contributed by atoms with Gasteiger partial charge in [-0.15, -0.1) is 0 Å². The molecule has 1 amide bonds. The van der Waals surface area contributed by atoms with Gasteiger partial charge in [0, 0.05) is 12.5 Å². The first kappa shape index (κ1) is 7.10. The van der Waals surface area contributed by atoms with Crippen LogP contribution in [0.25, 0.3) is 0 Å². The van der Waals surface area contributed by atoms with Crippen LogP contribution in [0.5, 0.6) is 0 Å². The first-order valence-corrected chi connectivity index (χ1v) is 4.25. The van der Waals surface area contributed by atoms with E-state index < -0.39 is 0 Å². The van der Waals surface area contributed by atoms with E-state index in [0.29, 0.717) is 0 Å². The lowest BCUT2D eigenvalue weighted by Gasteiger charge is -2.21. The van der Waals surface area contributed by atoms with Crippen LogP contribution >= 0.6 is 0 Å². The van der Waals surface area contributed by atoms with Crippen molar-refractivity contribution >= 4 is 5.91 Å². The van der Waals surface area contributed by atoms with Gasteiger partial charge in [-0.05, 0) is 19.4 Å². The van der Waals surface area contributed by atoms with Gasteiger partial charge in [-0.25, -0.2) is 0 Å². The van der Waals surface area contributed by atoms with E-state index in [2.05, 4.69) is 10.6 Å². The normalized spacial score (nSPS) is 43.4. The lowest BCUT2D eigenvalue weighted by atomic mass is 9.93. The molecular formula is C8H14N2O. The van der Waals surface area contributed by atoms with Crippen LogP contribution in [-0.4, -0.2) is 24.5 Å². The monoisotopic (exact) mass is 154 g/mol. The highest BCUT2D eigenvalue weighted by Crippen LogP contribution is 2.29. The molecule has 0 aliphatic carbocycles. The van der Waals surface area contributed by atoms with Gasteiger partial charge in [-0.2, -0.15) is 0 Å². The van der Waals surface area contributed by atoms with Gasteiger partial charge in [0.2, 0.25) is 5.91 Å². The van der Waals surface area contributed by atoms with Crippen molar-refractivity contribution in [1.29, 1.82) is 0 Å². The summed E-state index contributed by atoms with van der Waals surface area (Å²) in [5.41, 5.74) is 0.122. The third-order valence-corrected chi connectivity index (χ3v) is 2.78. The average molecular weight is 154 g/mol. The van der Waals surface area contributed by atoms with Crippen LogP contribution in [0.3, 0.4) is 0 Å². The minimum Gasteiger partial charge on any atom is -0.349 e. The molecule has 3 heteroatoms. The second kappa shape index (κ2) is 2.21. The van der Waals surface area contributed by atoms with E-state index >= 15 is 0 Å². The highest BCUT2D eigenvalue weighted by Gasteiger charge is 2.43. The molecular weight excluding hydrogens is 140 g/mol. The molecule has 3 nitrogen and oxygen atoms in total. The number of hydrogen-bond acceptors (Lipinski definition) is 2. The maximum atomic E-state index is 11.2. The van der Waals surface area contributed by atoms with E-state index in [1.54, 1.807) is 0 Å². The SMILES string of the molecule is CC1CC2(CCNC2)NC1=O. The van der Waals surface area contributed by atoms with E-state index in [1.165, 1.54) is 0 Å². The summed E-state index contributed by atoms with van der Waals surface area (Å²) in [6.45, 7) is 4.01. The Hall–Kier alpha value is -0.570. The van der Waals surface area contributed by atoms with Gasteiger partial charge < -0.3 is 10.6 Å². The lowest BCUT2D eigenvalue weighted by molar-refractivity contribution is -0.122. The van der Waals surface area contributed by atoms with Crippen molar-refractivity contribution in [1.82, 2.24) is 10.6 Å². The molecule has 62 valence electrons. The fraction of sp³-hybridized carbons (Fsp3) is 0.875. The first-order valence-electron chi connectivity index (χ1n) is 4.25. The molecule has 2 fully saturated rings. The van der Waals surface area contributed by atoms with E-state index in [-0.39, 0.29) is 17.4 Å². The van der Waals surface area contributed by atoms with Crippen LogP contribution in [0.2, 0.25) is 0 Å². The molecule has 2 unspecified atom stereocenters. The Morgan fingerprint density at radius 3 is 2.91 bits per heavy atom. The van der Waals surface area contributed by atoms with Gasteiger partial charge in [0.15, 0.2) is 0 Å². The maximum absolute atomic E-state index is 11.2. The number of nitrogens with one attached hydrogen (secondary N) is 2. The smallest absolute Gasteiger partial charge is 0.223 e. The highest BCUT2D eigenvalue weighted by molar-refractivity contribution is 5.81. The largest absolute Gasteiger partial charge is 0.349 e. The maximum Gasteiger partial charge on any atom is 0.223 e. The van der Waals surface area contributed by atoms with E-state index in [9.17, 15) is 4.79 Å². The number of carbonyl (C=O) groups excluding carboxylic acids is 1. The molecule has 0 bridgehead atoms. The van der Waals surface area contributed by atoms with Crippen molar-refractivity contribution in [3.05, 3.63) is 0 Å². The summed E-state index contributed by atoms with van der Waals surface area (Å²) in [5, 5.41) is 6.36. The molecule has 2 saturated heterocycles. The number of amides is 1. The van der Waals surface area contributed by atoms with Crippen LogP contribution in [0.1, 0.15) is 19.8 Å². The fourth-order valence-electron chi connectivity index (χ4n) is 2.14. The van der Waals surface area contributed by atoms with Crippen molar-refractivity contribution in [3.63, 3.8) is 0 Å². The average Bonchev–Trinajstić information content (AvgIpc) is 2.46. The molecule has 11 heavy (non-hydrogen) atoms. The van der Waals surface area contributed by atoms with Crippen molar-refractivity contribution in [3.8, 4) is 0 Å². The summed E-state index contributed by atoms with van der Waals surface area (Å²) in [4.78, 5) is 11.2. The Morgan fingerprint density at radius 1 is 1.64 bits per heavy atom. The van der Waals surface area contributed by atoms with E-state index in [4.69, 9.17) is 0 Å². The zero-order chi connectivity index (χ0) is 7.90. The van der Waals surface area contributed by atoms with Gasteiger partial charge >= 0.3 is 0 Å². The third kappa shape index (κ3) is 1.03. The zero-order valence-corrected chi connectivity index (χ0v) is 6.81. The molecule has 1 spiro atoms. The standard InChI is InChI=1S/C8H14N2O/c1-6-4-8(10-7(6)11)2-3-9-5-8/h6,9H,2-5H2,1H3,(H,10,11). The van der Waals surface area contributed by atoms with Gasteiger partial charge in [-0.3, -0.25) is 4.79 Å². The molecule has 0 aromatic carbocycles. The molecule has 0 aromatic heterocycles. The minimum atomic E-state index is 0.122. The Balaban J connectivity index is 2.12. The number of rotatable bonds is 0. The van der Waals surface area contributed by atoms with Crippen molar-refractivity contribution in [2.24, 2.45) is 5.92 Å². The second-order valence-corrected chi connectivity index (χ2v) is 3.80. The van der Waals surface area contributed by atoms with Gasteiger partial charge in [0.25, 0.3) is 0 Å². The second-order valence-electron chi connectivity index (χ2n) is 3.80. The van der Waals surface area contributed by atoms with Crippen LogP contribution in [0.4, 0.5) is 0 Å². The molecule has 2 aliphatic rings. The Labute approximate surface area is 66.5 Å². The molecule has 0 radical (unpaired) electrons. The van der Waals surface area contributed by atoms with Crippen molar-refractivity contribution in [2.45, 2.75) is 25.3 Å². The third-order valence-electron chi connectivity index (χ3n) is 2.78. The summed E-state index contributed by atoms with van der Waals surface area (Å²) in [6.07, 6.45) is 2.11. The molecule has 2 N–H and O–H groups in total. The highest BCUT2D eigenvalue weighted by atomic mass is 16.2. The molecule has 2 atom stereocenters. The summed E-state index contributed by atoms with van der Waals surface area (Å²) in [5.74, 6) is 0.448. The van der Waals surface area contributed by atoms with Crippen LogP contribution in [0.15, 0.2) is 0 Å². The summed E-state index contributed by atoms with van der Waals surface area (Å²) < 4.78 is 0. The summed E-state index contributed by atoms with van der Waals surface area (Å²) in [7, 11) is 0. The van der Waals surface area contributed by atoms with Crippen LogP contribution < -0.4 is 10.6 Å². The van der Waals surface area contributed by atoms with Gasteiger partial charge in [0.1, 0.15) is 0 Å². The number of carbonyl (C=O) groups is 1. The Morgan fingerprint density at radius 2 is 2.45 bits per heavy atom. The topological polar surface area (TPSA) is 41.1 Å². The zero-order valence-electron chi connectivity index (χ0n) is 6.81. The van der Waals surface area contributed by atoms with Gasteiger partial charge in [-0.1, -0.05) is 6.92 Å². The molecule has 2 rings (SSSR count). The fourth-order valence-corrected chi connectivity index (χ4v) is 2.14. The predicted molar refractivity (Wildman–Crippen MR) is 42.1 cm³/mol. The van der Waals surface area contributed by atoms with Crippen molar-refractivity contribution in [2.75, 3.05) is 13.1 Å². The Bertz CT molecular complexity index is 185. The van der Waals surface area contributed by atoms with Crippen LogP contribution in [0, 0.1) is 5.92 Å². The van der Waals surface area contributed by atoms with Gasteiger partial charge in [0.05, 0.1) is 5.54 Å².